The molecule has 0 aromatic heterocycles. The fraction of sp³-hybridized carbons (Fsp3) is 0.613. The predicted molar refractivity (Wildman–Crippen MR) is 147 cm³/mol. The number of esters is 1. The third-order valence-electron chi connectivity index (χ3n) is 10.7. The minimum atomic E-state index is -1.11. The fourth-order valence-electron chi connectivity index (χ4n) is 8.78. The molecule has 0 bridgehead atoms. The Morgan fingerprint density at radius 3 is 2.33 bits per heavy atom. The van der Waals surface area contributed by atoms with Gasteiger partial charge in [-0.05, 0) is 86.3 Å². The number of ketones is 1. The molecule has 1 heterocycles. The summed E-state index contributed by atoms with van der Waals surface area (Å²) in [5, 5.41) is 17.7. The zero-order valence-electron chi connectivity index (χ0n) is 22.9. The summed E-state index contributed by atoms with van der Waals surface area (Å²) in [6, 6.07) is 5.81. The smallest absolute Gasteiger partial charge is 0.339 e. The molecule has 4 aliphatic carbocycles. The average Bonchev–Trinajstić information content (AvgIpc) is 3.40. The van der Waals surface area contributed by atoms with Gasteiger partial charge in [-0.1, -0.05) is 43.3 Å². The van der Waals surface area contributed by atoms with Crippen molar-refractivity contribution in [1.82, 2.24) is 0 Å². The summed E-state index contributed by atoms with van der Waals surface area (Å²) in [5.41, 5.74) is 1.03. The van der Waals surface area contributed by atoms with Crippen molar-refractivity contribution < 1.29 is 34.1 Å². The maximum Gasteiger partial charge on any atom is 0.339 e. The molecule has 4 fully saturated rings. The van der Waals surface area contributed by atoms with Crippen LogP contribution in [-0.4, -0.2) is 43.9 Å². The van der Waals surface area contributed by atoms with Gasteiger partial charge >= 0.3 is 11.9 Å². The number of benzene rings is 1. The highest BCUT2D eigenvalue weighted by Gasteiger charge is 2.68. The van der Waals surface area contributed by atoms with Crippen LogP contribution in [0.3, 0.4) is 0 Å². The number of thioether (sulfide) groups is 1. The van der Waals surface area contributed by atoms with Crippen molar-refractivity contribution in [2.24, 2.45) is 28.6 Å². The highest BCUT2D eigenvalue weighted by Crippen LogP contribution is 2.70. The van der Waals surface area contributed by atoms with Crippen molar-refractivity contribution >= 4 is 34.6 Å². The largest absolute Gasteiger partial charge is 0.507 e. The summed E-state index contributed by atoms with van der Waals surface area (Å²) in [6.45, 7) is 6.42. The molecule has 6 rings (SSSR count). The van der Waals surface area contributed by atoms with Gasteiger partial charge in [0.1, 0.15) is 16.9 Å². The van der Waals surface area contributed by atoms with Crippen LogP contribution in [0.5, 0.6) is 5.75 Å². The second kappa shape index (κ2) is 10.1. The van der Waals surface area contributed by atoms with E-state index in [1.807, 2.05) is 6.08 Å². The first kappa shape index (κ1) is 27.9. The molecule has 0 radical (unpaired) electrons. The maximum atomic E-state index is 12.2. The van der Waals surface area contributed by atoms with E-state index in [4.69, 9.17) is 14.9 Å². The predicted octanol–water partition coefficient (Wildman–Crippen LogP) is 5.94. The van der Waals surface area contributed by atoms with Gasteiger partial charge in [-0.2, -0.15) is 0 Å². The van der Waals surface area contributed by atoms with E-state index < -0.39 is 5.97 Å². The first-order valence-electron chi connectivity index (χ1n) is 14.0. The van der Waals surface area contributed by atoms with Crippen LogP contribution >= 0.6 is 11.8 Å². The van der Waals surface area contributed by atoms with Gasteiger partial charge in [0, 0.05) is 30.4 Å². The van der Waals surface area contributed by atoms with Crippen molar-refractivity contribution in [1.29, 1.82) is 0 Å². The zero-order chi connectivity index (χ0) is 28.2. The minimum absolute atomic E-state index is 0.0119. The molecular weight excluding hydrogens is 516 g/mol. The van der Waals surface area contributed by atoms with Gasteiger partial charge in [0.2, 0.25) is 0 Å². The Morgan fingerprint density at radius 1 is 1.00 bits per heavy atom. The number of rotatable bonds is 2. The molecular formula is C31H38O7S. The van der Waals surface area contributed by atoms with Gasteiger partial charge in [0.15, 0.2) is 10.9 Å². The number of hydrogen-bond donors (Lipinski definition) is 2. The lowest BCUT2D eigenvalue weighted by molar-refractivity contribution is -0.167. The number of carbonyl (C=O) groups is 4. The summed E-state index contributed by atoms with van der Waals surface area (Å²) in [6.07, 6.45) is 10.0. The minimum Gasteiger partial charge on any atom is -0.507 e. The molecule has 0 amide bonds. The van der Waals surface area contributed by atoms with E-state index >= 15 is 0 Å². The van der Waals surface area contributed by atoms with E-state index in [9.17, 15) is 19.2 Å². The van der Waals surface area contributed by atoms with E-state index in [1.54, 1.807) is 19.1 Å². The summed E-state index contributed by atoms with van der Waals surface area (Å²) in [5.74, 6) is 0.360. The molecule has 1 aliphatic heterocycles. The lowest BCUT2D eigenvalue weighted by Gasteiger charge is -2.61. The molecule has 1 spiro atoms. The zero-order valence-corrected chi connectivity index (χ0v) is 23.7. The van der Waals surface area contributed by atoms with Gasteiger partial charge in [0.25, 0.3) is 0 Å². The van der Waals surface area contributed by atoms with E-state index in [0.717, 1.165) is 44.9 Å². The molecule has 2 N–H and O–H groups in total. The standard InChI is InChI=1S/C24H32O4S.C7H6O3/c1-14(25)29-19-13-15-12-16(26)4-8-22(15,2)17-5-9-23(3)18(21(17)19)6-10-24(23)11-7-20(27)28-24;8-6-4-2-1-3-5(6)7(9)10/h12,17-19,21H,4-11,13H2,1-3H3;1-4,8H,(H,9,10)/t17-,18-,19+,21+,22-,23-,24+;/m0./s1. The first-order valence-corrected chi connectivity index (χ1v) is 14.9. The number of para-hydroxylation sites is 1. The summed E-state index contributed by atoms with van der Waals surface area (Å²) in [4.78, 5) is 46.7. The molecule has 0 unspecified atom stereocenters. The van der Waals surface area contributed by atoms with Gasteiger partial charge in [-0.3, -0.25) is 14.4 Å². The lowest BCUT2D eigenvalue weighted by Crippen LogP contribution is -2.57. The monoisotopic (exact) mass is 554 g/mol. The van der Waals surface area contributed by atoms with Crippen molar-refractivity contribution in [2.75, 3.05) is 0 Å². The van der Waals surface area contributed by atoms with Crippen molar-refractivity contribution in [3.05, 3.63) is 41.5 Å². The Morgan fingerprint density at radius 2 is 1.72 bits per heavy atom. The number of allylic oxidation sites excluding steroid dienone is 1. The van der Waals surface area contributed by atoms with Crippen LogP contribution in [0.25, 0.3) is 0 Å². The molecule has 5 aliphatic rings. The topological polar surface area (TPSA) is 118 Å². The molecule has 8 heteroatoms. The number of aromatic hydroxyl groups is 1. The van der Waals surface area contributed by atoms with Crippen LogP contribution in [0, 0.1) is 28.6 Å². The van der Waals surface area contributed by atoms with Crippen LogP contribution in [0.4, 0.5) is 0 Å². The number of fused-ring (bicyclic) bond motifs is 6. The average molecular weight is 555 g/mol. The molecule has 1 aromatic rings. The SMILES string of the molecule is CC(=O)S[C@@H]1CC2=CC(=O)CC[C@]2(C)[C@H]2CC[C@@]3(C)[C@@H](CC[C@@]34CCC(=O)O4)[C@H]12.O=C(O)c1ccccc1O. The fourth-order valence-corrected chi connectivity index (χ4v) is 10.0. The van der Waals surface area contributed by atoms with E-state index in [2.05, 4.69) is 13.8 Å². The number of ether oxygens (including phenoxy) is 1. The van der Waals surface area contributed by atoms with Crippen molar-refractivity contribution in [2.45, 2.75) is 89.4 Å². The third-order valence-corrected chi connectivity index (χ3v) is 11.9. The second-order valence-electron chi connectivity index (χ2n) is 12.5. The molecule has 39 heavy (non-hydrogen) atoms. The Balaban J connectivity index is 0.000000261. The van der Waals surface area contributed by atoms with E-state index in [1.165, 1.54) is 29.5 Å². The molecule has 7 nitrogen and oxygen atoms in total. The van der Waals surface area contributed by atoms with E-state index in [0.29, 0.717) is 30.6 Å². The number of carboxylic acid groups (broad SMARTS) is 1. The molecule has 7 atom stereocenters. The van der Waals surface area contributed by atoms with Crippen LogP contribution in [0.2, 0.25) is 0 Å². The number of hydrogen-bond acceptors (Lipinski definition) is 7. The number of carboxylic acids is 1. The highest BCUT2D eigenvalue weighted by molar-refractivity contribution is 8.14. The summed E-state index contributed by atoms with van der Waals surface area (Å²) in [7, 11) is 0. The molecule has 1 aromatic carbocycles. The molecule has 1 saturated heterocycles. The van der Waals surface area contributed by atoms with Crippen molar-refractivity contribution in [3.8, 4) is 5.75 Å². The van der Waals surface area contributed by atoms with Crippen LogP contribution in [0.15, 0.2) is 35.9 Å². The number of phenols is 1. The Bertz CT molecular complexity index is 1240. The molecule has 210 valence electrons. The quantitative estimate of drug-likeness (QED) is 0.431. The number of carbonyl (C=O) groups excluding carboxylic acids is 3. The lowest BCUT2D eigenvalue weighted by atomic mass is 9.46. The Hall–Kier alpha value is -2.61. The van der Waals surface area contributed by atoms with Crippen LogP contribution in [0.1, 0.15) is 88.9 Å². The van der Waals surface area contributed by atoms with Crippen molar-refractivity contribution in [3.63, 3.8) is 0 Å². The molecule has 3 saturated carbocycles. The van der Waals surface area contributed by atoms with Crippen LogP contribution in [-0.2, 0) is 19.1 Å². The third kappa shape index (κ3) is 4.62. The number of aromatic carboxylic acids is 1. The van der Waals surface area contributed by atoms with Crippen LogP contribution < -0.4 is 0 Å². The highest BCUT2D eigenvalue weighted by atomic mass is 32.2. The maximum absolute atomic E-state index is 12.2. The first-order chi connectivity index (χ1) is 18.4. The Kier molecular flexibility index (Phi) is 7.23. The van der Waals surface area contributed by atoms with Gasteiger partial charge in [-0.25, -0.2) is 4.79 Å². The summed E-state index contributed by atoms with van der Waals surface area (Å²) < 4.78 is 6.06. The second-order valence-corrected chi connectivity index (χ2v) is 13.9. The van der Waals surface area contributed by atoms with Gasteiger partial charge < -0.3 is 14.9 Å². The summed E-state index contributed by atoms with van der Waals surface area (Å²) >= 11 is 1.50. The van der Waals surface area contributed by atoms with Gasteiger partial charge in [0.05, 0.1) is 0 Å². The normalized spacial score (nSPS) is 38.5. The van der Waals surface area contributed by atoms with E-state index in [-0.39, 0.29) is 49.9 Å². The Labute approximate surface area is 233 Å². The van der Waals surface area contributed by atoms with Gasteiger partial charge in [-0.15, -0.1) is 0 Å².